The number of phenolic OH excluding ortho intramolecular Hbond substituents is 1. The van der Waals surface area contributed by atoms with Crippen molar-refractivity contribution in [2.45, 2.75) is 12.5 Å². The molecule has 0 radical (unpaired) electrons. The van der Waals surface area contributed by atoms with Crippen molar-refractivity contribution in [2.75, 3.05) is 5.32 Å². The number of Topliss-reactive ketones (excluding diaryl/α,β-unsaturated/α-hetero) is 1. The molecule has 1 rings (SSSR count). The average molecular weight is 253 g/mol. The van der Waals surface area contributed by atoms with Gasteiger partial charge in [0.2, 0.25) is 6.41 Å². The second-order valence-electron chi connectivity index (χ2n) is 3.47. The molecule has 0 unspecified atom stereocenters. The molecule has 0 fully saturated rings. The number of ketones is 1. The summed E-state index contributed by atoms with van der Waals surface area (Å²) in [7, 11) is 0. The SMILES string of the molecule is O=CNc1ccc(O)cc1C(=O)C[C@@H](O)C(=O)O. The highest BCUT2D eigenvalue weighted by molar-refractivity contribution is 6.04. The van der Waals surface area contributed by atoms with Crippen molar-refractivity contribution in [1.82, 2.24) is 0 Å². The van der Waals surface area contributed by atoms with Gasteiger partial charge in [-0.3, -0.25) is 9.59 Å². The van der Waals surface area contributed by atoms with Gasteiger partial charge < -0.3 is 20.6 Å². The predicted molar refractivity (Wildman–Crippen MR) is 60.4 cm³/mol. The van der Waals surface area contributed by atoms with Gasteiger partial charge in [0.05, 0.1) is 5.69 Å². The fourth-order valence-electron chi connectivity index (χ4n) is 1.33. The number of carboxylic acids is 1. The average Bonchev–Trinajstić information content (AvgIpc) is 2.31. The third-order valence-corrected chi connectivity index (χ3v) is 2.18. The van der Waals surface area contributed by atoms with Crippen molar-refractivity contribution in [3.63, 3.8) is 0 Å². The minimum atomic E-state index is -1.83. The Bertz CT molecular complexity index is 484. The van der Waals surface area contributed by atoms with Crippen LogP contribution in [0.1, 0.15) is 16.8 Å². The number of carbonyl (C=O) groups excluding carboxylic acids is 2. The second-order valence-corrected chi connectivity index (χ2v) is 3.47. The van der Waals surface area contributed by atoms with E-state index in [0.717, 1.165) is 6.07 Å². The highest BCUT2D eigenvalue weighted by Gasteiger charge is 2.21. The zero-order valence-electron chi connectivity index (χ0n) is 9.16. The molecule has 0 aliphatic rings. The van der Waals surface area contributed by atoms with Crippen LogP contribution in [-0.4, -0.2) is 39.6 Å². The molecule has 0 aliphatic carbocycles. The quantitative estimate of drug-likeness (QED) is 0.321. The molecular weight excluding hydrogens is 242 g/mol. The van der Waals surface area contributed by atoms with Gasteiger partial charge in [-0.25, -0.2) is 4.79 Å². The molecule has 0 aliphatic heterocycles. The van der Waals surface area contributed by atoms with E-state index in [-0.39, 0.29) is 17.0 Å². The van der Waals surface area contributed by atoms with Crippen molar-refractivity contribution in [3.8, 4) is 5.75 Å². The first-order valence-electron chi connectivity index (χ1n) is 4.93. The van der Waals surface area contributed by atoms with Gasteiger partial charge in [-0.2, -0.15) is 0 Å². The van der Waals surface area contributed by atoms with Crippen LogP contribution in [0.5, 0.6) is 5.75 Å². The first-order chi connectivity index (χ1) is 8.45. The molecule has 0 saturated heterocycles. The van der Waals surface area contributed by atoms with E-state index in [9.17, 15) is 19.5 Å². The lowest BCUT2D eigenvalue weighted by atomic mass is 10.0. The molecule has 0 aromatic heterocycles. The van der Waals surface area contributed by atoms with Gasteiger partial charge in [-0.15, -0.1) is 0 Å². The predicted octanol–water partition coefficient (Wildman–Crippen LogP) is -0.0212. The molecule has 0 spiro atoms. The summed E-state index contributed by atoms with van der Waals surface area (Å²) in [6, 6.07) is 3.64. The second kappa shape index (κ2) is 5.78. The molecule has 18 heavy (non-hydrogen) atoms. The standard InChI is InChI=1S/C11H11NO6/c13-5-12-8-2-1-6(14)3-7(8)9(15)4-10(16)11(17)18/h1-3,5,10,14,16H,4H2,(H,12,13)(H,17,18)/t10-/m1/s1. The number of rotatable bonds is 6. The maximum absolute atomic E-state index is 11.7. The fraction of sp³-hybridized carbons (Fsp3) is 0.182. The number of carboxylic acid groups (broad SMARTS) is 1. The lowest BCUT2D eigenvalue weighted by Crippen LogP contribution is -2.23. The monoisotopic (exact) mass is 253 g/mol. The number of carbonyl (C=O) groups is 3. The number of hydrogen-bond acceptors (Lipinski definition) is 5. The lowest BCUT2D eigenvalue weighted by molar-refractivity contribution is -0.146. The number of nitrogens with one attached hydrogen (secondary N) is 1. The van der Waals surface area contributed by atoms with Crippen LogP contribution in [0.2, 0.25) is 0 Å². The molecule has 0 saturated carbocycles. The van der Waals surface area contributed by atoms with Gasteiger partial charge >= 0.3 is 5.97 Å². The largest absolute Gasteiger partial charge is 0.508 e. The summed E-state index contributed by atoms with van der Waals surface area (Å²) in [5.41, 5.74) is 0.0628. The Morgan fingerprint density at radius 3 is 2.61 bits per heavy atom. The molecule has 7 heteroatoms. The van der Waals surface area contributed by atoms with Gasteiger partial charge in [0, 0.05) is 12.0 Å². The van der Waals surface area contributed by atoms with Crippen LogP contribution < -0.4 is 5.32 Å². The topological polar surface area (TPSA) is 124 Å². The highest BCUT2D eigenvalue weighted by atomic mass is 16.4. The van der Waals surface area contributed by atoms with E-state index in [1.165, 1.54) is 12.1 Å². The Hall–Kier alpha value is -2.41. The maximum Gasteiger partial charge on any atom is 0.332 e. The molecule has 4 N–H and O–H groups in total. The Kier molecular flexibility index (Phi) is 4.39. The minimum absolute atomic E-state index is 0.0672. The van der Waals surface area contributed by atoms with Gasteiger partial charge in [0.15, 0.2) is 11.9 Å². The summed E-state index contributed by atoms with van der Waals surface area (Å²) in [5.74, 6) is -2.43. The van der Waals surface area contributed by atoms with E-state index >= 15 is 0 Å². The lowest BCUT2D eigenvalue weighted by Gasteiger charge is -2.09. The number of aliphatic hydroxyl groups is 1. The zero-order chi connectivity index (χ0) is 13.7. The number of amides is 1. The third-order valence-electron chi connectivity index (χ3n) is 2.18. The number of aliphatic hydroxyl groups excluding tert-OH is 1. The van der Waals surface area contributed by atoms with Gasteiger partial charge in [0.1, 0.15) is 5.75 Å². The number of anilines is 1. The van der Waals surface area contributed by atoms with Crippen LogP contribution in [0.4, 0.5) is 5.69 Å². The van der Waals surface area contributed by atoms with Crippen molar-refractivity contribution < 1.29 is 29.7 Å². The summed E-state index contributed by atoms with van der Waals surface area (Å²) in [5, 5.41) is 29.1. The Balaban J connectivity index is 2.99. The summed E-state index contributed by atoms with van der Waals surface area (Å²) in [6.07, 6.45) is -2.13. The van der Waals surface area contributed by atoms with Crippen LogP contribution in [0.3, 0.4) is 0 Å². The Labute approximate surface area is 102 Å². The van der Waals surface area contributed by atoms with E-state index < -0.39 is 24.3 Å². The van der Waals surface area contributed by atoms with E-state index in [1.54, 1.807) is 0 Å². The summed E-state index contributed by atoms with van der Waals surface area (Å²) < 4.78 is 0. The smallest absolute Gasteiger partial charge is 0.332 e. The Morgan fingerprint density at radius 2 is 2.06 bits per heavy atom. The van der Waals surface area contributed by atoms with Crippen molar-refractivity contribution in [2.24, 2.45) is 0 Å². The molecule has 1 atom stereocenters. The van der Waals surface area contributed by atoms with E-state index in [1.807, 2.05) is 0 Å². The molecular formula is C11H11NO6. The van der Waals surface area contributed by atoms with Gasteiger partial charge in [-0.1, -0.05) is 0 Å². The van der Waals surface area contributed by atoms with Crippen LogP contribution in [0.25, 0.3) is 0 Å². The molecule has 1 aromatic carbocycles. The van der Waals surface area contributed by atoms with Crippen LogP contribution in [0.15, 0.2) is 18.2 Å². The van der Waals surface area contributed by atoms with E-state index in [2.05, 4.69) is 5.32 Å². The molecule has 1 amide bonds. The molecule has 7 nitrogen and oxygen atoms in total. The van der Waals surface area contributed by atoms with E-state index in [0.29, 0.717) is 6.41 Å². The number of benzene rings is 1. The maximum atomic E-state index is 11.7. The molecule has 96 valence electrons. The first-order valence-corrected chi connectivity index (χ1v) is 4.93. The molecule has 1 aromatic rings. The van der Waals surface area contributed by atoms with Crippen LogP contribution in [0, 0.1) is 0 Å². The summed E-state index contributed by atoms with van der Waals surface area (Å²) >= 11 is 0. The van der Waals surface area contributed by atoms with Gasteiger partial charge in [-0.05, 0) is 18.2 Å². The minimum Gasteiger partial charge on any atom is -0.508 e. The zero-order valence-corrected chi connectivity index (χ0v) is 9.16. The number of aromatic hydroxyl groups is 1. The first kappa shape index (κ1) is 13.7. The van der Waals surface area contributed by atoms with E-state index in [4.69, 9.17) is 10.2 Å². The number of phenols is 1. The normalized spacial score (nSPS) is 11.6. The van der Waals surface area contributed by atoms with Crippen molar-refractivity contribution in [1.29, 1.82) is 0 Å². The van der Waals surface area contributed by atoms with Crippen LogP contribution in [-0.2, 0) is 9.59 Å². The van der Waals surface area contributed by atoms with Crippen molar-refractivity contribution >= 4 is 23.9 Å². The van der Waals surface area contributed by atoms with Gasteiger partial charge in [0.25, 0.3) is 0 Å². The number of aliphatic carboxylic acids is 1. The van der Waals surface area contributed by atoms with Crippen LogP contribution >= 0.6 is 0 Å². The molecule has 0 heterocycles. The Morgan fingerprint density at radius 1 is 1.39 bits per heavy atom. The summed E-state index contributed by atoms with van der Waals surface area (Å²) in [6.45, 7) is 0. The molecule has 0 bridgehead atoms. The summed E-state index contributed by atoms with van der Waals surface area (Å²) in [4.78, 5) is 32.5. The van der Waals surface area contributed by atoms with Crippen molar-refractivity contribution in [3.05, 3.63) is 23.8 Å². The fourth-order valence-corrected chi connectivity index (χ4v) is 1.33. The number of hydrogen-bond donors (Lipinski definition) is 4. The third kappa shape index (κ3) is 3.29. The highest BCUT2D eigenvalue weighted by Crippen LogP contribution is 2.22.